The van der Waals surface area contributed by atoms with Gasteiger partial charge in [-0.15, -0.1) is 0 Å². The van der Waals surface area contributed by atoms with Gasteiger partial charge in [-0.1, -0.05) is 18.1 Å². The summed E-state index contributed by atoms with van der Waals surface area (Å²) in [4.78, 5) is 13.1. The molecule has 4 aromatic heterocycles. The molecule has 1 aromatic carbocycles. The quantitative estimate of drug-likeness (QED) is 0.334. The Balaban J connectivity index is 1.49. The van der Waals surface area contributed by atoms with Gasteiger partial charge < -0.3 is 18.4 Å². The highest BCUT2D eigenvalue weighted by atomic mass is 16.5. The van der Waals surface area contributed by atoms with Gasteiger partial charge in [0.05, 0.1) is 11.6 Å². The predicted octanol–water partition coefficient (Wildman–Crippen LogP) is 5.51. The molecule has 8 nitrogen and oxygen atoms in total. The molecule has 5 aromatic rings. The highest BCUT2D eigenvalue weighted by Gasteiger charge is 2.15. The van der Waals surface area contributed by atoms with Crippen LogP contribution in [0, 0.1) is 6.92 Å². The molecule has 4 heterocycles. The normalized spacial score (nSPS) is 11.1. The number of benzene rings is 1. The van der Waals surface area contributed by atoms with Crippen LogP contribution in [0.15, 0.2) is 70.1 Å². The number of hydrogen-bond acceptors (Lipinski definition) is 8. The van der Waals surface area contributed by atoms with Crippen LogP contribution in [0.1, 0.15) is 24.3 Å². The van der Waals surface area contributed by atoms with Crippen molar-refractivity contribution in [3.63, 3.8) is 0 Å². The third-order valence-electron chi connectivity index (χ3n) is 4.99. The summed E-state index contributed by atoms with van der Waals surface area (Å²) >= 11 is 0. The second kappa shape index (κ2) is 8.50. The van der Waals surface area contributed by atoms with E-state index < -0.39 is 0 Å². The largest absolute Gasteiger partial charge is 0.483 e. The van der Waals surface area contributed by atoms with Gasteiger partial charge in [0.25, 0.3) is 5.89 Å². The number of hydrogen-bond donors (Lipinski definition) is 0. The van der Waals surface area contributed by atoms with Crippen LogP contribution in [0.2, 0.25) is 0 Å². The van der Waals surface area contributed by atoms with Crippen molar-refractivity contribution in [1.82, 2.24) is 20.1 Å². The maximum atomic E-state index is 6.10. The molecule has 0 radical (unpaired) electrons. The molecule has 0 unspecified atom stereocenters. The number of aromatic nitrogens is 4. The van der Waals surface area contributed by atoms with E-state index in [1.165, 1.54) is 0 Å². The van der Waals surface area contributed by atoms with Crippen molar-refractivity contribution in [3.8, 4) is 28.5 Å². The molecule has 0 bridgehead atoms. The predicted molar refractivity (Wildman–Crippen MR) is 117 cm³/mol. The van der Waals surface area contributed by atoms with E-state index in [4.69, 9.17) is 18.4 Å². The summed E-state index contributed by atoms with van der Waals surface area (Å²) in [6.07, 6.45) is 5.71. The molecule has 0 aliphatic carbocycles. The maximum absolute atomic E-state index is 6.10. The Morgan fingerprint density at radius 2 is 1.94 bits per heavy atom. The van der Waals surface area contributed by atoms with Gasteiger partial charge in [0, 0.05) is 41.7 Å². The van der Waals surface area contributed by atoms with Crippen LogP contribution in [-0.4, -0.2) is 20.1 Å². The number of aryl methyl sites for hydroxylation is 2. The molecule has 0 atom stereocenters. The van der Waals surface area contributed by atoms with Gasteiger partial charge in [-0.2, -0.15) is 4.98 Å². The van der Waals surface area contributed by atoms with Gasteiger partial charge in [-0.3, -0.25) is 4.98 Å². The minimum atomic E-state index is 0.137. The van der Waals surface area contributed by atoms with E-state index in [-0.39, 0.29) is 6.61 Å². The number of furan rings is 1. The Bertz CT molecular complexity index is 1380. The van der Waals surface area contributed by atoms with Crippen molar-refractivity contribution in [1.29, 1.82) is 0 Å². The van der Waals surface area contributed by atoms with Crippen LogP contribution in [0.25, 0.3) is 22.1 Å². The van der Waals surface area contributed by atoms with Gasteiger partial charge in [0.15, 0.2) is 12.4 Å². The van der Waals surface area contributed by atoms with E-state index in [0.29, 0.717) is 41.1 Å². The number of fused-ring (bicyclic) bond motifs is 1. The summed E-state index contributed by atoms with van der Waals surface area (Å²) in [5.74, 6) is 2.69. The molecule has 0 saturated carbocycles. The highest BCUT2D eigenvalue weighted by Crippen LogP contribution is 2.37. The standard InChI is InChI=1S/C24H20N4O4/c1-3-22-27-23(32-28-22)14-30-21-13-16(6-7-18(21)17-5-4-10-25-15(17)2)31-24-19-9-12-29-20(19)8-11-26-24/h4-13H,3,14H2,1-2H3. The summed E-state index contributed by atoms with van der Waals surface area (Å²) in [5.41, 5.74) is 3.44. The Kier molecular flexibility index (Phi) is 5.25. The SMILES string of the molecule is CCc1noc(COc2cc(Oc3nccc4occc34)ccc2-c2cccnc2C)n1. The molecule has 5 rings (SSSR count). The fourth-order valence-electron chi connectivity index (χ4n) is 3.37. The smallest absolute Gasteiger partial charge is 0.264 e. The van der Waals surface area contributed by atoms with Crippen molar-refractivity contribution < 1.29 is 18.4 Å². The Labute approximate surface area is 183 Å². The summed E-state index contributed by atoms with van der Waals surface area (Å²) in [6.45, 7) is 4.06. The summed E-state index contributed by atoms with van der Waals surface area (Å²) in [5, 5.41) is 4.71. The highest BCUT2D eigenvalue weighted by molar-refractivity contribution is 5.82. The van der Waals surface area contributed by atoms with Crippen LogP contribution in [0.3, 0.4) is 0 Å². The van der Waals surface area contributed by atoms with Gasteiger partial charge in [-0.25, -0.2) is 4.98 Å². The van der Waals surface area contributed by atoms with Crippen LogP contribution >= 0.6 is 0 Å². The molecule has 32 heavy (non-hydrogen) atoms. The zero-order valence-corrected chi connectivity index (χ0v) is 17.6. The van der Waals surface area contributed by atoms with E-state index in [2.05, 4.69) is 20.1 Å². The van der Waals surface area contributed by atoms with Crippen molar-refractivity contribution in [3.05, 3.63) is 78.5 Å². The average molecular weight is 428 g/mol. The molecule has 0 saturated heterocycles. The number of rotatable bonds is 7. The van der Waals surface area contributed by atoms with Crippen molar-refractivity contribution in [2.24, 2.45) is 0 Å². The summed E-state index contributed by atoms with van der Waals surface area (Å²) in [6, 6.07) is 13.1. The number of ether oxygens (including phenoxy) is 2. The van der Waals surface area contributed by atoms with E-state index >= 15 is 0 Å². The molecule has 0 aliphatic heterocycles. The fourth-order valence-corrected chi connectivity index (χ4v) is 3.37. The minimum absolute atomic E-state index is 0.137. The van der Waals surface area contributed by atoms with E-state index in [1.807, 2.05) is 50.2 Å². The van der Waals surface area contributed by atoms with Crippen molar-refractivity contribution >= 4 is 11.0 Å². The first-order chi connectivity index (χ1) is 15.7. The van der Waals surface area contributed by atoms with Crippen molar-refractivity contribution in [2.45, 2.75) is 26.9 Å². The summed E-state index contributed by atoms with van der Waals surface area (Å²) < 4.78 is 22.9. The molecule has 0 N–H and O–H groups in total. The Morgan fingerprint density at radius 1 is 1.00 bits per heavy atom. The molecule has 8 heteroatoms. The Morgan fingerprint density at radius 3 is 2.78 bits per heavy atom. The van der Waals surface area contributed by atoms with E-state index in [0.717, 1.165) is 22.2 Å². The van der Waals surface area contributed by atoms with Gasteiger partial charge in [0.1, 0.15) is 17.1 Å². The van der Waals surface area contributed by atoms with E-state index in [9.17, 15) is 0 Å². The average Bonchev–Trinajstić information content (AvgIpc) is 3.48. The van der Waals surface area contributed by atoms with Crippen LogP contribution in [0.5, 0.6) is 17.4 Å². The molecule has 160 valence electrons. The first-order valence-corrected chi connectivity index (χ1v) is 10.2. The lowest BCUT2D eigenvalue weighted by atomic mass is 10.0. The first kappa shape index (κ1) is 19.7. The minimum Gasteiger partial charge on any atom is -0.483 e. The van der Waals surface area contributed by atoms with Crippen LogP contribution < -0.4 is 9.47 Å². The second-order valence-corrected chi connectivity index (χ2v) is 7.09. The third-order valence-corrected chi connectivity index (χ3v) is 4.99. The third kappa shape index (κ3) is 3.90. The van der Waals surface area contributed by atoms with Crippen molar-refractivity contribution in [2.75, 3.05) is 0 Å². The van der Waals surface area contributed by atoms with Gasteiger partial charge in [0.2, 0.25) is 5.88 Å². The lowest BCUT2D eigenvalue weighted by molar-refractivity contribution is 0.242. The molecular weight excluding hydrogens is 408 g/mol. The zero-order valence-electron chi connectivity index (χ0n) is 17.6. The van der Waals surface area contributed by atoms with Gasteiger partial charge >= 0.3 is 0 Å². The second-order valence-electron chi connectivity index (χ2n) is 7.09. The zero-order chi connectivity index (χ0) is 21.9. The topological polar surface area (TPSA) is 96.3 Å². The number of nitrogens with zero attached hydrogens (tertiary/aromatic N) is 4. The molecule has 0 fully saturated rings. The van der Waals surface area contributed by atoms with E-state index in [1.54, 1.807) is 24.7 Å². The molecule has 0 spiro atoms. The molecule has 0 amide bonds. The van der Waals surface area contributed by atoms with Crippen LogP contribution in [0.4, 0.5) is 0 Å². The summed E-state index contributed by atoms with van der Waals surface area (Å²) in [7, 11) is 0. The van der Waals surface area contributed by atoms with Crippen LogP contribution in [-0.2, 0) is 13.0 Å². The maximum Gasteiger partial charge on any atom is 0.264 e. The molecular formula is C24H20N4O4. The number of pyridine rings is 2. The van der Waals surface area contributed by atoms with Gasteiger partial charge in [-0.05, 0) is 37.3 Å². The lowest BCUT2D eigenvalue weighted by Gasteiger charge is -2.14. The monoisotopic (exact) mass is 428 g/mol. The fraction of sp³-hybridized carbons (Fsp3) is 0.167. The molecule has 0 aliphatic rings. The first-order valence-electron chi connectivity index (χ1n) is 10.2. The lowest BCUT2D eigenvalue weighted by Crippen LogP contribution is -1.99. The Hall–Kier alpha value is -4.20.